The molecule has 0 aliphatic heterocycles. The van der Waals surface area contributed by atoms with Crippen LogP contribution < -0.4 is 10.6 Å². The highest BCUT2D eigenvalue weighted by atomic mass is 79.9. The summed E-state index contributed by atoms with van der Waals surface area (Å²) < 4.78 is 0.872. The number of hydrogen-bond donors (Lipinski definition) is 2. The van der Waals surface area contributed by atoms with E-state index < -0.39 is 0 Å². The monoisotopic (exact) mass is 301 g/mol. The summed E-state index contributed by atoms with van der Waals surface area (Å²) in [5.74, 6) is -0.252. The van der Waals surface area contributed by atoms with Crippen molar-refractivity contribution in [1.29, 1.82) is 5.26 Å². The van der Waals surface area contributed by atoms with Crippen LogP contribution in [0.5, 0.6) is 0 Å². The lowest BCUT2D eigenvalue weighted by atomic mass is 10.3. The number of anilines is 1. The third-order valence-electron chi connectivity index (χ3n) is 1.73. The maximum atomic E-state index is 11.2. The minimum absolute atomic E-state index is 0.00668. The maximum Gasteiger partial charge on any atom is 0.240 e. The molecule has 0 aliphatic carbocycles. The van der Waals surface area contributed by atoms with Crippen LogP contribution in [0.3, 0.4) is 0 Å². The van der Waals surface area contributed by atoms with Crippen molar-refractivity contribution < 1.29 is 4.79 Å². The molecule has 1 aromatic rings. The Bertz CT molecular complexity index is 431. The second-order valence-corrected chi connectivity index (χ2v) is 4.24. The number of benzene rings is 1. The van der Waals surface area contributed by atoms with Crippen LogP contribution in [0, 0.1) is 11.3 Å². The van der Waals surface area contributed by atoms with Gasteiger partial charge in [-0.25, -0.2) is 0 Å². The SMILES string of the molecule is N#CCNC(=O)CNc1cc(Br)ccc1Cl. The number of carbonyl (C=O) groups excluding carboxylic acids is 1. The molecule has 0 unspecified atom stereocenters. The second kappa shape index (κ2) is 6.36. The summed E-state index contributed by atoms with van der Waals surface area (Å²) >= 11 is 9.22. The van der Waals surface area contributed by atoms with E-state index in [1.54, 1.807) is 12.1 Å². The number of halogens is 2. The van der Waals surface area contributed by atoms with Crippen molar-refractivity contribution in [3.05, 3.63) is 27.7 Å². The van der Waals surface area contributed by atoms with Gasteiger partial charge in [0.15, 0.2) is 0 Å². The van der Waals surface area contributed by atoms with E-state index in [2.05, 4.69) is 26.6 Å². The van der Waals surface area contributed by atoms with Crippen LogP contribution in [0.4, 0.5) is 5.69 Å². The summed E-state index contributed by atoms with van der Waals surface area (Å²) in [6.07, 6.45) is 0. The zero-order valence-corrected chi connectivity index (χ0v) is 10.6. The van der Waals surface area contributed by atoms with Crippen molar-refractivity contribution in [1.82, 2.24) is 5.32 Å². The average Bonchev–Trinajstić information content (AvgIpc) is 2.27. The van der Waals surface area contributed by atoms with Gasteiger partial charge in [-0.05, 0) is 18.2 Å². The Morgan fingerprint density at radius 1 is 1.56 bits per heavy atom. The van der Waals surface area contributed by atoms with Crippen LogP contribution in [0.1, 0.15) is 0 Å². The molecule has 1 aromatic carbocycles. The maximum absolute atomic E-state index is 11.2. The van der Waals surface area contributed by atoms with Gasteiger partial charge in [0.25, 0.3) is 0 Å². The molecule has 0 aliphatic rings. The lowest BCUT2D eigenvalue weighted by molar-refractivity contribution is -0.119. The summed E-state index contributed by atoms with van der Waals surface area (Å²) in [6, 6.07) is 7.13. The zero-order chi connectivity index (χ0) is 12.0. The molecule has 6 heteroatoms. The first-order valence-corrected chi connectivity index (χ1v) is 5.63. The summed E-state index contributed by atoms with van der Waals surface area (Å²) in [7, 11) is 0. The van der Waals surface area contributed by atoms with E-state index >= 15 is 0 Å². The lowest BCUT2D eigenvalue weighted by Crippen LogP contribution is -2.30. The van der Waals surface area contributed by atoms with Gasteiger partial charge in [-0.3, -0.25) is 4.79 Å². The van der Waals surface area contributed by atoms with Gasteiger partial charge in [0, 0.05) is 4.47 Å². The van der Waals surface area contributed by atoms with Crippen LogP contribution in [0.2, 0.25) is 5.02 Å². The molecule has 0 saturated carbocycles. The minimum Gasteiger partial charge on any atom is -0.375 e. The molecule has 0 fully saturated rings. The highest BCUT2D eigenvalue weighted by Crippen LogP contribution is 2.25. The van der Waals surface area contributed by atoms with Crippen LogP contribution in [-0.4, -0.2) is 19.0 Å². The molecule has 4 nitrogen and oxygen atoms in total. The number of hydrogen-bond acceptors (Lipinski definition) is 3. The van der Waals surface area contributed by atoms with Crippen molar-refractivity contribution in [2.24, 2.45) is 0 Å². The number of carbonyl (C=O) groups is 1. The normalized spacial score (nSPS) is 9.31. The quantitative estimate of drug-likeness (QED) is 0.838. The Morgan fingerprint density at radius 3 is 3.00 bits per heavy atom. The van der Waals surface area contributed by atoms with E-state index in [9.17, 15) is 4.79 Å². The van der Waals surface area contributed by atoms with E-state index in [1.165, 1.54) is 0 Å². The first kappa shape index (κ1) is 12.8. The second-order valence-electron chi connectivity index (χ2n) is 2.91. The van der Waals surface area contributed by atoms with Crippen molar-refractivity contribution in [2.45, 2.75) is 0 Å². The van der Waals surface area contributed by atoms with Gasteiger partial charge in [0.05, 0.1) is 23.3 Å². The molecule has 0 aromatic heterocycles. The van der Waals surface area contributed by atoms with Crippen LogP contribution in [0.25, 0.3) is 0 Å². The third kappa shape index (κ3) is 4.09. The molecule has 0 bridgehead atoms. The van der Waals surface area contributed by atoms with Gasteiger partial charge in [0.1, 0.15) is 6.54 Å². The Hall–Kier alpha value is -1.25. The molecule has 0 heterocycles. The van der Waals surface area contributed by atoms with Gasteiger partial charge in [-0.2, -0.15) is 5.26 Å². The highest BCUT2D eigenvalue weighted by Gasteiger charge is 2.03. The molecule has 1 rings (SSSR count). The summed E-state index contributed by atoms with van der Waals surface area (Å²) in [5.41, 5.74) is 0.670. The van der Waals surface area contributed by atoms with Gasteiger partial charge in [-0.1, -0.05) is 27.5 Å². The van der Waals surface area contributed by atoms with E-state index in [0.717, 1.165) is 4.47 Å². The van der Waals surface area contributed by atoms with Gasteiger partial charge >= 0.3 is 0 Å². The smallest absolute Gasteiger partial charge is 0.240 e. The molecule has 0 saturated heterocycles. The number of rotatable bonds is 4. The predicted octanol–water partition coefficient (Wildman–Crippen LogP) is 2.15. The Morgan fingerprint density at radius 2 is 2.31 bits per heavy atom. The molecule has 84 valence electrons. The first-order valence-electron chi connectivity index (χ1n) is 4.46. The molecule has 16 heavy (non-hydrogen) atoms. The van der Waals surface area contributed by atoms with Crippen LogP contribution >= 0.6 is 27.5 Å². The zero-order valence-electron chi connectivity index (χ0n) is 8.26. The Kier molecular flexibility index (Phi) is 5.09. The molecule has 0 atom stereocenters. The topological polar surface area (TPSA) is 64.9 Å². The fourth-order valence-electron chi connectivity index (χ4n) is 1.01. The summed E-state index contributed by atoms with van der Waals surface area (Å²) in [6.45, 7) is 0.0879. The number of nitrogens with one attached hydrogen (secondary N) is 2. The number of nitrogens with zero attached hydrogens (tertiary/aromatic N) is 1. The largest absolute Gasteiger partial charge is 0.375 e. The highest BCUT2D eigenvalue weighted by molar-refractivity contribution is 9.10. The summed E-state index contributed by atoms with van der Waals surface area (Å²) in [4.78, 5) is 11.2. The molecule has 1 amide bonds. The average molecular weight is 303 g/mol. The number of amides is 1. The fraction of sp³-hybridized carbons (Fsp3) is 0.200. The molecule has 0 spiro atoms. The molecular formula is C10H9BrClN3O. The lowest BCUT2D eigenvalue weighted by Gasteiger charge is -2.08. The standard InChI is InChI=1S/C10H9BrClN3O/c11-7-1-2-8(12)9(5-7)15-6-10(16)14-4-3-13/h1-2,5,15H,4,6H2,(H,14,16). The Labute approximate surface area is 107 Å². The van der Waals surface area contributed by atoms with E-state index in [4.69, 9.17) is 16.9 Å². The first-order chi connectivity index (χ1) is 7.63. The van der Waals surface area contributed by atoms with E-state index in [-0.39, 0.29) is 19.0 Å². The van der Waals surface area contributed by atoms with Crippen molar-refractivity contribution in [3.8, 4) is 6.07 Å². The Balaban J connectivity index is 2.51. The molecular weight excluding hydrogens is 293 g/mol. The van der Waals surface area contributed by atoms with E-state index in [1.807, 2.05) is 12.1 Å². The van der Waals surface area contributed by atoms with Crippen LogP contribution in [0.15, 0.2) is 22.7 Å². The van der Waals surface area contributed by atoms with Gasteiger partial charge in [-0.15, -0.1) is 0 Å². The van der Waals surface area contributed by atoms with Gasteiger partial charge < -0.3 is 10.6 Å². The minimum atomic E-state index is -0.252. The third-order valence-corrected chi connectivity index (χ3v) is 2.56. The van der Waals surface area contributed by atoms with Crippen molar-refractivity contribution >= 4 is 39.1 Å². The van der Waals surface area contributed by atoms with Crippen molar-refractivity contribution in [2.75, 3.05) is 18.4 Å². The molecule has 0 radical (unpaired) electrons. The summed E-state index contributed by atoms with van der Waals surface area (Å²) in [5, 5.41) is 14.1. The fourth-order valence-corrected chi connectivity index (χ4v) is 1.55. The number of nitriles is 1. The van der Waals surface area contributed by atoms with Gasteiger partial charge in [0.2, 0.25) is 5.91 Å². The molecule has 2 N–H and O–H groups in total. The van der Waals surface area contributed by atoms with Crippen LogP contribution in [-0.2, 0) is 4.79 Å². The predicted molar refractivity (Wildman–Crippen MR) is 66.3 cm³/mol. The van der Waals surface area contributed by atoms with E-state index in [0.29, 0.717) is 10.7 Å². The van der Waals surface area contributed by atoms with Crippen molar-refractivity contribution in [3.63, 3.8) is 0 Å².